The number of likely N-dealkylation sites (tertiary alicyclic amines) is 1. The zero-order valence-electron chi connectivity index (χ0n) is 32.7. The summed E-state index contributed by atoms with van der Waals surface area (Å²) in [5, 5.41) is 25.3. The largest absolute Gasteiger partial charge is 0.508 e. The van der Waals surface area contributed by atoms with Crippen molar-refractivity contribution in [2.75, 3.05) is 6.54 Å². The third-order valence-electron chi connectivity index (χ3n) is 9.96. The average Bonchev–Trinajstić information content (AvgIpc) is 3.84. The smallest absolute Gasteiger partial charge is 0.304 e. The van der Waals surface area contributed by atoms with E-state index in [1.807, 2.05) is 6.07 Å². The van der Waals surface area contributed by atoms with E-state index in [-0.39, 0.29) is 71.9 Å². The molecule has 3 aromatic carbocycles. The lowest BCUT2D eigenvalue weighted by Crippen LogP contribution is -2.57. The number of halogens is 2. The Labute approximate surface area is 351 Å². The minimum Gasteiger partial charge on any atom is -0.508 e. The van der Waals surface area contributed by atoms with E-state index in [4.69, 9.17) is 32.4 Å². The second kappa shape index (κ2) is 20.3. The number of benzene rings is 3. The highest BCUT2D eigenvalue weighted by atomic mass is 35.5. The predicted molar refractivity (Wildman–Crippen MR) is 218 cm³/mol. The number of para-hydroxylation sites is 1. The topological polar surface area (TPSA) is 205 Å². The number of ether oxygens (including phenoxy) is 1. The lowest BCUT2D eigenvalue weighted by atomic mass is 9.92. The van der Waals surface area contributed by atoms with E-state index in [1.54, 1.807) is 68.4 Å². The fourth-order valence-electron chi connectivity index (χ4n) is 7.03. The molecule has 0 unspecified atom stereocenters. The van der Waals surface area contributed by atoms with Gasteiger partial charge in [-0.05, 0) is 60.7 Å². The van der Waals surface area contributed by atoms with Crippen LogP contribution in [0.15, 0.2) is 83.4 Å². The van der Waals surface area contributed by atoms with Gasteiger partial charge in [0.2, 0.25) is 23.5 Å². The van der Waals surface area contributed by atoms with Crippen LogP contribution < -0.4 is 15.4 Å². The lowest BCUT2D eigenvalue weighted by molar-refractivity contribution is -0.142. The van der Waals surface area contributed by atoms with Crippen molar-refractivity contribution < 1.29 is 48.1 Å². The Bertz CT molecular complexity index is 2120. The Kier molecular flexibility index (Phi) is 15.3. The molecule has 3 amide bonds. The molecule has 1 aliphatic heterocycles. The number of nitrogens with one attached hydrogen (secondary N) is 2. The number of aliphatic carboxylic acids is 1. The van der Waals surface area contributed by atoms with Gasteiger partial charge in [0, 0.05) is 32.1 Å². The monoisotopic (exact) mass is 848 g/mol. The maximum atomic E-state index is 14.4. The number of ketones is 2. The van der Waals surface area contributed by atoms with Gasteiger partial charge in [-0.15, -0.1) is 0 Å². The van der Waals surface area contributed by atoms with Crippen molar-refractivity contribution in [3.05, 3.63) is 100 Å². The Hall–Kier alpha value is -5.73. The number of hydrogen-bond acceptors (Lipinski definition) is 10. The molecule has 0 bridgehead atoms. The molecule has 5 rings (SSSR count). The summed E-state index contributed by atoms with van der Waals surface area (Å²) in [6, 6.07) is 16.8. The third kappa shape index (κ3) is 11.9. The summed E-state index contributed by atoms with van der Waals surface area (Å²) < 4.78 is 11.9. The summed E-state index contributed by atoms with van der Waals surface area (Å²) in [5.74, 6) is -4.94. The molecule has 0 saturated carbocycles. The Balaban J connectivity index is 1.31. The summed E-state index contributed by atoms with van der Waals surface area (Å²) in [7, 11) is 0. The Morgan fingerprint density at radius 2 is 1.63 bits per heavy atom. The normalized spacial score (nSPS) is 16.5. The number of aromatic nitrogens is 1. The second-order valence-electron chi connectivity index (χ2n) is 14.8. The summed E-state index contributed by atoms with van der Waals surface area (Å²) in [5.41, 5.74) is 0.989. The molecule has 4 N–H and O–H groups in total. The Morgan fingerprint density at radius 3 is 2.25 bits per heavy atom. The molecule has 16 heteroatoms. The minimum absolute atomic E-state index is 0.00227. The van der Waals surface area contributed by atoms with E-state index in [1.165, 1.54) is 30.2 Å². The SMILES string of the molecule is CC(=O)N[C@@H](Cc1ccc(O)cc1)C(=O)N[C@H](C(=O)N1C[C@H](Oc2ccccc2)C[C@H]1C(=O)CCC[C@@H](CC(=O)O)C(=O)c1ncc(-c2c(Cl)cccc2Cl)o1)C(C)C. The number of carbonyl (C=O) groups is 6. The highest BCUT2D eigenvalue weighted by molar-refractivity contribution is 6.39. The molecule has 312 valence electrons. The van der Waals surface area contributed by atoms with Crippen molar-refractivity contribution in [2.24, 2.45) is 11.8 Å². The van der Waals surface area contributed by atoms with Crippen molar-refractivity contribution in [2.45, 2.75) is 83.5 Å². The van der Waals surface area contributed by atoms with Gasteiger partial charge in [0.15, 0.2) is 11.5 Å². The summed E-state index contributed by atoms with van der Waals surface area (Å²) in [4.78, 5) is 85.1. The maximum absolute atomic E-state index is 14.4. The molecule has 5 atom stereocenters. The molecule has 0 aliphatic carbocycles. The maximum Gasteiger partial charge on any atom is 0.304 e. The van der Waals surface area contributed by atoms with Crippen molar-refractivity contribution in [1.82, 2.24) is 20.5 Å². The quantitative estimate of drug-likeness (QED) is 0.0771. The van der Waals surface area contributed by atoms with Crippen molar-refractivity contribution in [3.63, 3.8) is 0 Å². The predicted octanol–water partition coefficient (Wildman–Crippen LogP) is 6.30. The van der Waals surface area contributed by atoms with Crippen LogP contribution in [-0.4, -0.2) is 86.1 Å². The van der Waals surface area contributed by atoms with Gasteiger partial charge in [-0.2, -0.15) is 0 Å². The lowest BCUT2D eigenvalue weighted by Gasteiger charge is -2.31. The first-order valence-corrected chi connectivity index (χ1v) is 19.9. The van der Waals surface area contributed by atoms with Crippen molar-refractivity contribution >= 4 is 58.5 Å². The first-order valence-electron chi connectivity index (χ1n) is 19.2. The first-order chi connectivity index (χ1) is 28.1. The number of phenols is 1. The van der Waals surface area contributed by atoms with Gasteiger partial charge in [0.1, 0.15) is 29.7 Å². The van der Waals surface area contributed by atoms with Crippen LogP contribution >= 0.6 is 23.2 Å². The van der Waals surface area contributed by atoms with Crippen LogP contribution in [-0.2, 0) is 30.4 Å². The first kappa shape index (κ1) is 44.4. The molecule has 1 fully saturated rings. The summed E-state index contributed by atoms with van der Waals surface area (Å²) in [6.45, 7) is 4.81. The number of nitrogens with zero attached hydrogens (tertiary/aromatic N) is 2. The number of aromatic hydroxyl groups is 1. The van der Waals surface area contributed by atoms with Gasteiger partial charge >= 0.3 is 5.97 Å². The van der Waals surface area contributed by atoms with Gasteiger partial charge in [0.25, 0.3) is 5.89 Å². The number of carbonyl (C=O) groups excluding carboxylic acids is 5. The van der Waals surface area contributed by atoms with Crippen LogP contribution in [0.1, 0.15) is 69.1 Å². The molecule has 1 saturated heterocycles. The number of hydrogen-bond donors (Lipinski definition) is 4. The number of rotatable bonds is 19. The van der Waals surface area contributed by atoms with E-state index in [9.17, 15) is 39.0 Å². The molecular weight excluding hydrogens is 803 g/mol. The van der Waals surface area contributed by atoms with Gasteiger partial charge < -0.3 is 34.9 Å². The molecule has 2 heterocycles. The Morgan fingerprint density at radius 1 is 0.949 bits per heavy atom. The number of Topliss-reactive ketones (excluding diaryl/α,β-unsaturated/α-hetero) is 2. The van der Waals surface area contributed by atoms with Gasteiger partial charge in [-0.3, -0.25) is 28.8 Å². The van der Waals surface area contributed by atoms with E-state index >= 15 is 0 Å². The van der Waals surface area contributed by atoms with E-state index in [0.29, 0.717) is 16.9 Å². The molecule has 59 heavy (non-hydrogen) atoms. The van der Waals surface area contributed by atoms with Crippen molar-refractivity contribution in [3.8, 4) is 22.8 Å². The highest BCUT2D eigenvalue weighted by Crippen LogP contribution is 2.35. The number of amides is 3. The fourth-order valence-corrected chi connectivity index (χ4v) is 7.61. The van der Waals surface area contributed by atoms with Crippen LogP contribution in [0.5, 0.6) is 11.5 Å². The minimum atomic E-state index is -1.23. The van der Waals surface area contributed by atoms with Crippen LogP contribution in [0.2, 0.25) is 10.0 Å². The van der Waals surface area contributed by atoms with Crippen LogP contribution in [0.3, 0.4) is 0 Å². The van der Waals surface area contributed by atoms with Gasteiger partial charge in [-0.1, -0.05) is 73.4 Å². The van der Waals surface area contributed by atoms with E-state index in [0.717, 1.165) is 0 Å². The van der Waals surface area contributed by atoms with Crippen LogP contribution in [0.25, 0.3) is 11.3 Å². The second-order valence-corrected chi connectivity index (χ2v) is 15.6. The molecule has 1 aromatic heterocycles. The number of carboxylic acids is 1. The molecule has 14 nitrogen and oxygen atoms in total. The zero-order valence-corrected chi connectivity index (χ0v) is 34.2. The molecule has 1 aliphatic rings. The van der Waals surface area contributed by atoms with Crippen molar-refractivity contribution in [1.29, 1.82) is 0 Å². The van der Waals surface area contributed by atoms with Crippen LogP contribution in [0.4, 0.5) is 0 Å². The molecular formula is C43H46Cl2N4O10. The number of carboxylic acid groups (broad SMARTS) is 1. The van der Waals surface area contributed by atoms with E-state index in [2.05, 4.69) is 15.6 Å². The average molecular weight is 850 g/mol. The number of phenolic OH excluding ortho intramolecular Hbond substituents is 1. The van der Waals surface area contributed by atoms with Crippen LogP contribution in [0, 0.1) is 11.8 Å². The molecule has 4 aromatic rings. The molecule has 0 spiro atoms. The third-order valence-corrected chi connectivity index (χ3v) is 10.6. The molecule has 0 radical (unpaired) electrons. The fraction of sp³-hybridized carbons (Fsp3) is 0.372. The summed E-state index contributed by atoms with van der Waals surface area (Å²) >= 11 is 12.6. The number of oxazole rings is 1. The highest BCUT2D eigenvalue weighted by Gasteiger charge is 2.44. The summed E-state index contributed by atoms with van der Waals surface area (Å²) in [6.07, 6.45) is 0.405. The standard InChI is InChI=1S/C43H46Cl2N4O10/c1-24(2)39(48-41(56)33(47-25(3)50)19-26-15-17-28(51)18-16-26)43(57)49-23-30(58-29-10-5-4-6-11-29)21-34(49)35(52)14-7-9-27(20-37(53)54)40(55)42-46-22-36(59-42)38-31(44)12-8-13-32(38)45/h4-6,8,10-13,15-18,22,24,27,30,33-34,39,51H,7,9,14,19-21,23H2,1-3H3,(H,47,50)(H,48,56)(H,53,54)/t27-,30+,33-,34-,39-/m0/s1. The van der Waals surface area contributed by atoms with Gasteiger partial charge in [-0.25, -0.2) is 4.98 Å². The zero-order chi connectivity index (χ0) is 42.8. The van der Waals surface area contributed by atoms with E-state index < -0.39 is 72.0 Å². The van der Waals surface area contributed by atoms with Gasteiger partial charge in [0.05, 0.1) is 40.8 Å².